The molecule has 0 spiro atoms. The molecule has 198 valence electrons. The third kappa shape index (κ3) is 5.67. The maximum atomic E-state index is 15.9. The number of hydrogen-bond acceptors (Lipinski definition) is 9. The minimum atomic E-state index is -3.52. The van der Waals surface area contributed by atoms with Gasteiger partial charge in [-0.25, -0.2) is 26.0 Å². The molecule has 2 aromatic rings. The van der Waals surface area contributed by atoms with Crippen molar-refractivity contribution in [2.75, 3.05) is 26.9 Å². The summed E-state index contributed by atoms with van der Waals surface area (Å²) in [4.78, 5) is 28.3. The van der Waals surface area contributed by atoms with Crippen molar-refractivity contribution < 1.29 is 32.5 Å². The number of nitrogens with zero attached hydrogens (tertiary/aromatic N) is 5. The van der Waals surface area contributed by atoms with Crippen molar-refractivity contribution in [1.82, 2.24) is 24.6 Å². The van der Waals surface area contributed by atoms with Crippen LogP contribution in [0.5, 0.6) is 5.88 Å². The fourth-order valence-corrected chi connectivity index (χ4v) is 5.30. The maximum absolute atomic E-state index is 15.9. The number of aryl methyl sites for hydroxylation is 1. The Morgan fingerprint density at radius 3 is 2.72 bits per heavy atom. The Hall–Kier alpha value is -2.65. The summed E-state index contributed by atoms with van der Waals surface area (Å²) in [6, 6.07) is -0.890. The number of rotatable bonds is 10. The van der Waals surface area contributed by atoms with Crippen molar-refractivity contribution in [2.24, 2.45) is 5.41 Å². The van der Waals surface area contributed by atoms with Gasteiger partial charge in [-0.3, -0.25) is 13.9 Å². The largest absolute Gasteiger partial charge is 0.479 e. The maximum Gasteiger partial charge on any atom is 0.323 e. The molecule has 1 aliphatic rings. The fraction of sp³-hybridized carbons (Fsp3) is 0.682. The number of alkyl halides is 1. The third-order valence-corrected chi connectivity index (χ3v) is 7.41. The molecule has 0 aromatic carbocycles. The number of carbonyl (C=O) groups is 1. The van der Waals surface area contributed by atoms with Crippen LogP contribution in [0.1, 0.15) is 39.7 Å². The van der Waals surface area contributed by atoms with Gasteiger partial charge in [-0.15, -0.1) is 0 Å². The Bertz CT molecular complexity index is 1200. The summed E-state index contributed by atoms with van der Waals surface area (Å²) in [6.45, 7) is 16.4. The molecular formula is C22H32FN6O6P. The predicted molar refractivity (Wildman–Crippen MR) is 128 cm³/mol. The summed E-state index contributed by atoms with van der Waals surface area (Å²) in [5.41, 5.74) is -0.619. The highest BCUT2D eigenvalue weighted by Crippen LogP contribution is 2.49. The van der Waals surface area contributed by atoms with Crippen molar-refractivity contribution in [3.63, 3.8) is 0 Å². The molecule has 3 heterocycles. The smallest absolute Gasteiger partial charge is 0.323 e. The number of methoxy groups -OCH3 is 1. The van der Waals surface area contributed by atoms with Crippen LogP contribution in [0.4, 0.5) is 4.39 Å². The van der Waals surface area contributed by atoms with Crippen LogP contribution in [0.15, 0.2) is 6.33 Å². The first-order chi connectivity index (χ1) is 16.8. The molecule has 0 aliphatic carbocycles. The van der Waals surface area contributed by atoms with E-state index < -0.39 is 43.4 Å². The van der Waals surface area contributed by atoms with E-state index in [9.17, 15) is 9.36 Å². The summed E-state index contributed by atoms with van der Waals surface area (Å²) in [5, 5.41) is 2.64. The standard InChI is InChI=1S/C22H32FN6O6P/c1-12(2)34-21(30)13(3)28-36(8,31)33-9-15-22(5,10-24-6)17(23)20(35-15)29-11-25-16-18(29)26-14(4)27-19(16)32-7/h11-13,15,17,20H,9-10H2,1-5,7-8H3,(H,28,31)/t13-,15+,17?,20+,22-,36?/m0/s1. The molecule has 36 heavy (non-hydrogen) atoms. The van der Waals surface area contributed by atoms with Gasteiger partial charge in [0.05, 0.1) is 32.3 Å². The van der Waals surface area contributed by atoms with E-state index in [-0.39, 0.29) is 25.1 Å². The zero-order chi connectivity index (χ0) is 26.8. The van der Waals surface area contributed by atoms with Gasteiger partial charge in [-0.1, -0.05) is 0 Å². The zero-order valence-electron chi connectivity index (χ0n) is 21.4. The number of ether oxygens (including phenoxy) is 3. The van der Waals surface area contributed by atoms with Crippen molar-refractivity contribution in [1.29, 1.82) is 0 Å². The second-order valence-corrected chi connectivity index (χ2v) is 11.5. The lowest BCUT2D eigenvalue weighted by molar-refractivity contribution is -0.149. The highest BCUT2D eigenvalue weighted by Gasteiger charge is 2.58. The normalized spacial score (nSPS) is 26.5. The molecule has 1 saturated heterocycles. The van der Waals surface area contributed by atoms with Gasteiger partial charge in [0, 0.05) is 6.66 Å². The van der Waals surface area contributed by atoms with Crippen molar-refractivity contribution >= 4 is 24.7 Å². The van der Waals surface area contributed by atoms with Crippen molar-refractivity contribution in [2.45, 2.75) is 65.3 Å². The van der Waals surface area contributed by atoms with Crippen LogP contribution in [0.25, 0.3) is 16.0 Å². The molecule has 3 rings (SSSR count). The molecule has 1 fully saturated rings. The molecule has 1 aliphatic heterocycles. The number of halogens is 1. The highest BCUT2D eigenvalue weighted by atomic mass is 31.2. The van der Waals surface area contributed by atoms with Gasteiger partial charge < -0.3 is 23.6 Å². The van der Waals surface area contributed by atoms with E-state index in [4.69, 9.17) is 25.3 Å². The van der Waals surface area contributed by atoms with E-state index in [0.29, 0.717) is 17.0 Å². The van der Waals surface area contributed by atoms with Gasteiger partial charge in [-0.2, -0.15) is 4.98 Å². The van der Waals surface area contributed by atoms with Crippen molar-refractivity contribution in [3.05, 3.63) is 23.6 Å². The van der Waals surface area contributed by atoms with Gasteiger partial charge >= 0.3 is 5.97 Å². The molecule has 2 aromatic heterocycles. The van der Waals surface area contributed by atoms with Gasteiger partial charge in [0.15, 0.2) is 23.6 Å². The Balaban J connectivity index is 1.82. The molecule has 0 saturated carbocycles. The second kappa shape index (κ2) is 10.8. The Kier molecular flexibility index (Phi) is 8.35. The van der Waals surface area contributed by atoms with Crippen LogP contribution in [0.2, 0.25) is 0 Å². The first kappa shape index (κ1) is 27.9. The van der Waals surface area contributed by atoms with Crippen LogP contribution >= 0.6 is 7.52 Å². The van der Waals surface area contributed by atoms with E-state index in [2.05, 4.69) is 24.9 Å². The van der Waals surface area contributed by atoms with Gasteiger partial charge in [0.25, 0.3) is 7.52 Å². The van der Waals surface area contributed by atoms with Crippen LogP contribution in [-0.2, 0) is 23.4 Å². The topological polar surface area (TPSA) is 131 Å². The first-order valence-electron chi connectivity index (χ1n) is 11.4. The first-order valence-corrected chi connectivity index (χ1v) is 13.5. The van der Waals surface area contributed by atoms with Crippen LogP contribution in [-0.4, -0.2) is 76.8 Å². The van der Waals surface area contributed by atoms with Gasteiger partial charge in [-0.05, 0) is 34.6 Å². The van der Waals surface area contributed by atoms with E-state index in [1.165, 1.54) is 31.6 Å². The molecule has 12 nitrogen and oxygen atoms in total. The van der Waals surface area contributed by atoms with Crippen LogP contribution < -0.4 is 9.82 Å². The Morgan fingerprint density at radius 2 is 2.11 bits per heavy atom. The molecule has 0 radical (unpaired) electrons. The van der Waals surface area contributed by atoms with Crippen molar-refractivity contribution in [3.8, 4) is 5.88 Å². The van der Waals surface area contributed by atoms with Gasteiger partial charge in [0.2, 0.25) is 12.4 Å². The zero-order valence-corrected chi connectivity index (χ0v) is 22.3. The Labute approximate surface area is 209 Å². The number of esters is 1. The minimum Gasteiger partial charge on any atom is -0.479 e. The van der Waals surface area contributed by atoms with E-state index in [0.717, 1.165) is 0 Å². The Morgan fingerprint density at radius 1 is 1.42 bits per heavy atom. The monoisotopic (exact) mass is 526 g/mol. The lowest BCUT2D eigenvalue weighted by Crippen LogP contribution is -2.41. The summed E-state index contributed by atoms with van der Waals surface area (Å²) in [6.07, 6.45) is -2.68. The summed E-state index contributed by atoms with van der Waals surface area (Å²) in [5.74, 6) is 0.0761. The van der Waals surface area contributed by atoms with E-state index in [1.807, 2.05) is 0 Å². The van der Waals surface area contributed by atoms with E-state index >= 15 is 4.39 Å². The SMILES string of the molecule is [C-]#[N+]C[C@]1(C)C(F)[C@H](n2cnc3c(OC)nc(C)nc32)O[C@@H]1COP(C)(=O)N[C@@H](C)C(=O)OC(C)C. The fourth-order valence-electron chi connectivity index (χ4n) is 4.00. The van der Waals surface area contributed by atoms with E-state index in [1.54, 1.807) is 27.7 Å². The summed E-state index contributed by atoms with van der Waals surface area (Å²) >= 11 is 0. The molecule has 2 unspecified atom stereocenters. The number of aromatic nitrogens is 4. The number of fused-ring (bicyclic) bond motifs is 1. The lowest BCUT2D eigenvalue weighted by Gasteiger charge is -2.27. The minimum absolute atomic E-state index is 0.193. The lowest BCUT2D eigenvalue weighted by atomic mass is 9.81. The molecule has 0 bridgehead atoms. The number of hydrogen-bond donors (Lipinski definition) is 1. The van der Waals surface area contributed by atoms with Gasteiger partial charge in [0.1, 0.15) is 17.3 Å². The molecule has 14 heteroatoms. The highest BCUT2D eigenvalue weighted by molar-refractivity contribution is 7.56. The number of carbonyl (C=O) groups excluding carboxylic acids is 1. The predicted octanol–water partition coefficient (Wildman–Crippen LogP) is 3.07. The summed E-state index contributed by atoms with van der Waals surface area (Å²) < 4.78 is 52.4. The summed E-state index contributed by atoms with van der Waals surface area (Å²) in [7, 11) is -2.07. The number of imidazole rings is 1. The molecule has 0 amide bonds. The third-order valence-electron chi connectivity index (χ3n) is 5.91. The average Bonchev–Trinajstić information content (AvgIpc) is 3.30. The molecule has 1 N–H and O–H groups in total. The molecular weight excluding hydrogens is 494 g/mol. The van der Waals surface area contributed by atoms with Crippen LogP contribution in [0.3, 0.4) is 0 Å². The number of nitrogens with one attached hydrogen (secondary N) is 1. The molecule has 6 atom stereocenters. The quantitative estimate of drug-likeness (QED) is 0.280. The van der Waals surface area contributed by atoms with Crippen LogP contribution in [0, 0.1) is 18.9 Å². The average molecular weight is 527 g/mol. The second-order valence-electron chi connectivity index (χ2n) is 9.32.